The van der Waals surface area contributed by atoms with E-state index in [2.05, 4.69) is 0 Å². The zero-order chi connectivity index (χ0) is 9.68. The highest BCUT2D eigenvalue weighted by Crippen LogP contribution is 2.05. The molecule has 1 aromatic carbocycles. The summed E-state index contributed by atoms with van der Waals surface area (Å²) in [5.74, 6) is -0.628. The number of rotatable bonds is 3. The maximum Gasteiger partial charge on any atom is 0.123 e. The first-order chi connectivity index (χ1) is 6.22. The van der Waals surface area contributed by atoms with E-state index < -0.39 is 0 Å². The van der Waals surface area contributed by atoms with E-state index in [4.69, 9.17) is 5.73 Å². The van der Waals surface area contributed by atoms with E-state index in [0.29, 0.717) is 6.42 Å². The second-order valence-corrected chi connectivity index (χ2v) is 2.69. The van der Waals surface area contributed by atoms with Crippen LogP contribution in [0.25, 0.3) is 0 Å². The van der Waals surface area contributed by atoms with Crippen molar-refractivity contribution in [2.24, 2.45) is 5.73 Å². The van der Waals surface area contributed by atoms with Crippen LogP contribution in [0.5, 0.6) is 0 Å². The summed E-state index contributed by atoms with van der Waals surface area (Å²) in [6.07, 6.45) is 1.84. The van der Waals surface area contributed by atoms with Crippen molar-refractivity contribution < 1.29 is 8.78 Å². The van der Waals surface area contributed by atoms with Crippen molar-refractivity contribution in [2.45, 2.75) is 6.42 Å². The van der Waals surface area contributed by atoms with E-state index in [-0.39, 0.29) is 30.6 Å². The molecule has 78 valence electrons. The fraction of sp³-hybridized carbons (Fsp3) is 0.200. The molecule has 0 saturated carbocycles. The van der Waals surface area contributed by atoms with Crippen molar-refractivity contribution in [1.29, 1.82) is 0 Å². The Morgan fingerprint density at radius 3 is 2.36 bits per heavy atom. The molecule has 0 radical (unpaired) electrons. The molecule has 0 fully saturated rings. The van der Waals surface area contributed by atoms with E-state index in [9.17, 15) is 8.78 Å². The van der Waals surface area contributed by atoms with Gasteiger partial charge >= 0.3 is 0 Å². The smallest absolute Gasteiger partial charge is 0.123 e. The predicted molar refractivity (Wildman–Crippen MR) is 55.6 cm³/mol. The van der Waals surface area contributed by atoms with Gasteiger partial charge in [-0.2, -0.15) is 0 Å². The summed E-state index contributed by atoms with van der Waals surface area (Å²) in [7, 11) is 0. The van der Waals surface area contributed by atoms with Crippen LogP contribution in [0.2, 0.25) is 0 Å². The first-order valence-electron chi connectivity index (χ1n) is 4.01. The van der Waals surface area contributed by atoms with Crippen molar-refractivity contribution in [3.63, 3.8) is 0 Å². The van der Waals surface area contributed by atoms with Crippen molar-refractivity contribution in [3.05, 3.63) is 47.5 Å². The van der Waals surface area contributed by atoms with E-state index >= 15 is 0 Å². The molecule has 1 rings (SSSR count). The maximum atomic E-state index is 12.6. The largest absolute Gasteiger partial charge is 0.325 e. The summed E-state index contributed by atoms with van der Waals surface area (Å²) >= 11 is 0. The summed E-state index contributed by atoms with van der Waals surface area (Å²) in [5, 5.41) is 0. The highest BCUT2D eigenvalue weighted by atomic mass is 35.5. The molecule has 0 unspecified atom stereocenters. The SMILES string of the molecule is Cl.NC/C(F)=C\Cc1ccc(F)cc1. The number of hydrogen-bond donors (Lipinski definition) is 1. The van der Waals surface area contributed by atoms with E-state index in [0.717, 1.165) is 5.56 Å². The van der Waals surface area contributed by atoms with Gasteiger partial charge in [-0.15, -0.1) is 12.4 Å². The molecule has 0 aliphatic carbocycles. The molecule has 2 N–H and O–H groups in total. The summed E-state index contributed by atoms with van der Waals surface area (Å²) in [5.41, 5.74) is 5.92. The monoisotopic (exact) mass is 219 g/mol. The zero-order valence-electron chi connectivity index (χ0n) is 7.54. The molecule has 0 heterocycles. The summed E-state index contributed by atoms with van der Waals surface area (Å²) in [4.78, 5) is 0. The third-order valence-corrected chi connectivity index (χ3v) is 1.67. The van der Waals surface area contributed by atoms with Gasteiger partial charge in [-0.1, -0.05) is 12.1 Å². The summed E-state index contributed by atoms with van der Waals surface area (Å²) in [6, 6.07) is 5.94. The summed E-state index contributed by atoms with van der Waals surface area (Å²) in [6.45, 7) is -0.0821. The minimum absolute atomic E-state index is 0. The fourth-order valence-electron chi connectivity index (χ4n) is 0.932. The average molecular weight is 220 g/mol. The van der Waals surface area contributed by atoms with Gasteiger partial charge in [0.1, 0.15) is 11.6 Å². The molecule has 0 spiro atoms. The van der Waals surface area contributed by atoms with Gasteiger partial charge in [0.2, 0.25) is 0 Å². The molecular formula is C10H12ClF2N. The van der Waals surface area contributed by atoms with Crippen LogP contribution in [-0.4, -0.2) is 6.54 Å². The van der Waals surface area contributed by atoms with Crippen molar-refractivity contribution in [2.75, 3.05) is 6.54 Å². The van der Waals surface area contributed by atoms with Crippen LogP contribution in [0.15, 0.2) is 36.2 Å². The number of benzene rings is 1. The molecule has 14 heavy (non-hydrogen) atoms. The van der Waals surface area contributed by atoms with Crippen molar-refractivity contribution >= 4 is 12.4 Å². The molecule has 0 atom stereocenters. The Kier molecular flexibility index (Phi) is 6.08. The van der Waals surface area contributed by atoms with Crippen molar-refractivity contribution in [3.8, 4) is 0 Å². The third kappa shape index (κ3) is 4.35. The Hall–Kier alpha value is -0.930. The van der Waals surface area contributed by atoms with Crippen LogP contribution < -0.4 is 5.73 Å². The Morgan fingerprint density at radius 1 is 1.29 bits per heavy atom. The zero-order valence-corrected chi connectivity index (χ0v) is 8.36. The molecule has 4 heteroatoms. The van der Waals surface area contributed by atoms with Gasteiger partial charge in [-0.25, -0.2) is 8.78 Å². The minimum atomic E-state index is -0.343. The number of nitrogens with two attached hydrogens (primary N) is 1. The lowest BCUT2D eigenvalue weighted by Gasteiger charge is -1.96. The second kappa shape index (κ2) is 6.51. The van der Waals surface area contributed by atoms with E-state index in [1.165, 1.54) is 18.2 Å². The lowest BCUT2D eigenvalue weighted by molar-refractivity contribution is 0.613. The normalized spacial score (nSPS) is 10.9. The number of allylic oxidation sites excluding steroid dienone is 1. The predicted octanol–water partition coefficient (Wildman–Crippen LogP) is 2.60. The lowest BCUT2D eigenvalue weighted by Crippen LogP contribution is -1.99. The van der Waals surface area contributed by atoms with Crippen molar-refractivity contribution in [1.82, 2.24) is 0 Å². The van der Waals surface area contributed by atoms with Gasteiger partial charge in [0.05, 0.1) is 0 Å². The standard InChI is InChI=1S/C10H11F2N.ClH/c11-9-4-1-8(2-5-9)3-6-10(12)7-13;/h1-2,4-6H,3,7,13H2;1H/b10-6+;. The van der Waals surface area contributed by atoms with Crippen LogP contribution in [0, 0.1) is 5.82 Å². The van der Waals surface area contributed by atoms with E-state index in [1.54, 1.807) is 12.1 Å². The van der Waals surface area contributed by atoms with Gasteiger partial charge in [0.15, 0.2) is 0 Å². The highest BCUT2D eigenvalue weighted by molar-refractivity contribution is 5.85. The molecule has 0 aliphatic heterocycles. The van der Waals surface area contributed by atoms with E-state index in [1.807, 2.05) is 0 Å². The molecule has 0 saturated heterocycles. The highest BCUT2D eigenvalue weighted by Gasteiger charge is 1.93. The van der Waals surface area contributed by atoms with Gasteiger partial charge in [0.25, 0.3) is 0 Å². The van der Waals surface area contributed by atoms with Gasteiger partial charge in [0, 0.05) is 6.54 Å². The molecule has 0 aliphatic rings. The third-order valence-electron chi connectivity index (χ3n) is 1.67. The fourth-order valence-corrected chi connectivity index (χ4v) is 0.932. The molecule has 1 aromatic rings. The van der Waals surface area contributed by atoms with Gasteiger partial charge < -0.3 is 5.73 Å². The van der Waals surface area contributed by atoms with Gasteiger partial charge in [-0.05, 0) is 30.2 Å². The van der Waals surface area contributed by atoms with Crippen LogP contribution >= 0.6 is 12.4 Å². The first-order valence-corrected chi connectivity index (χ1v) is 4.01. The minimum Gasteiger partial charge on any atom is -0.325 e. The molecule has 0 bridgehead atoms. The maximum absolute atomic E-state index is 12.6. The van der Waals surface area contributed by atoms with Crippen LogP contribution in [0.3, 0.4) is 0 Å². The van der Waals surface area contributed by atoms with Crippen LogP contribution in [-0.2, 0) is 6.42 Å². The molecule has 1 nitrogen and oxygen atoms in total. The molecule has 0 aromatic heterocycles. The summed E-state index contributed by atoms with van der Waals surface area (Å²) < 4.78 is 25.0. The Bertz CT molecular complexity index is 295. The Labute approximate surface area is 88.0 Å². The first kappa shape index (κ1) is 13.1. The Balaban J connectivity index is 0.00000169. The Morgan fingerprint density at radius 2 is 1.86 bits per heavy atom. The van der Waals surface area contributed by atoms with Crippen LogP contribution in [0.4, 0.5) is 8.78 Å². The molecular weight excluding hydrogens is 208 g/mol. The molecule has 0 amide bonds. The average Bonchev–Trinajstić information content (AvgIpc) is 2.16. The number of halogens is 3. The second-order valence-electron chi connectivity index (χ2n) is 2.69. The lowest BCUT2D eigenvalue weighted by atomic mass is 10.1. The topological polar surface area (TPSA) is 26.0 Å². The van der Waals surface area contributed by atoms with Crippen LogP contribution in [0.1, 0.15) is 5.56 Å². The number of hydrogen-bond acceptors (Lipinski definition) is 1. The quantitative estimate of drug-likeness (QED) is 0.831. The van der Waals surface area contributed by atoms with Gasteiger partial charge in [-0.3, -0.25) is 0 Å².